The summed E-state index contributed by atoms with van der Waals surface area (Å²) in [7, 11) is 1.61. The zero-order chi connectivity index (χ0) is 13.3. The Hall–Kier alpha value is -1.62. The van der Waals surface area contributed by atoms with E-state index in [1.165, 1.54) is 0 Å². The molecule has 0 radical (unpaired) electrons. The van der Waals surface area contributed by atoms with E-state index in [1.807, 2.05) is 38.1 Å². The highest BCUT2D eigenvalue weighted by atomic mass is 32.1. The molecule has 0 saturated carbocycles. The molecule has 0 unspecified atom stereocenters. The lowest BCUT2D eigenvalue weighted by molar-refractivity contribution is -0.138. The number of methoxy groups -OCH3 is 1. The van der Waals surface area contributed by atoms with Gasteiger partial charge in [-0.05, 0) is 24.3 Å². The highest BCUT2D eigenvalue weighted by Crippen LogP contribution is 2.29. The molecule has 1 aromatic rings. The summed E-state index contributed by atoms with van der Waals surface area (Å²) < 4.78 is 10.4. The van der Waals surface area contributed by atoms with Crippen molar-refractivity contribution < 1.29 is 14.3 Å². The normalized spacial score (nSPS) is 19.3. The van der Waals surface area contributed by atoms with Crippen molar-refractivity contribution in [2.45, 2.75) is 20.1 Å². The number of hydrogen-bond donors (Lipinski definition) is 0. The summed E-state index contributed by atoms with van der Waals surface area (Å²) in [6.45, 7) is 3.98. The van der Waals surface area contributed by atoms with Crippen molar-refractivity contribution in [3.05, 3.63) is 24.3 Å². The fourth-order valence-corrected chi connectivity index (χ4v) is 2.13. The Morgan fingerprint density at radius 3 is 2.44 bits per heavy atom. The standard InChI is InChI=1S/C13H15NO3S/c1-8(2)11-14(12(18)13(15)17-11)9-4-6-10(16-3)7-5-9/h4-8,11H,1-3H3/t11-/m1/s1. The van der Waals surface area contributed by atoms with E-state index in [2.05, 4.69) is 0 Å². The Kier molecular flexibility index (Phi) is 3.52. The number of carbonyl (C=O) groups is 1. The van der Waals surface area contributed by atoms with Gasteiger partial charge in [0.1, 0.15) is 5.75 Å². The molecular formula is C13H15NO3S. The van der Waals surface area contributed by atoms with Gasteiger partial charge in [-0.25, -0.2) is 4.79 Å². The largest absolute Gasteiger partial charge is 0.497 e. The molecule has 0 aliphatic carbocycles. The molecule has 1 aliphatic rings. The zero-order valence-electron chi connectivity index (χ0n) is 10.5. The van der Waals surface area contributed by atoms with Crippen molar-refractivity contribution in [2.75, 3.05) is 12.0 Å². The number of ether oxygens (including phenoxy) is 2. The van der Waals surface area contributed by atoms with Gasteiger partial charge >= 0.3 is 5.97 Å². The topological polar surface area (TPSA) is 38.8 Å². The van der Waals surface area contributed by atoms with Gasteiger partial charge in [0, 0.05) is 11.6 Å². The van der Waals surface area contributed by atoms with Crippen LogP contribution in [0.2, 0.25) is 0 Å². The van der Waals surface area contributed by atoms with Crippen LogP contribution >= 0.6 is 12.2 Å². The number of cyclic esters (lactones) is 1. The monoisotopic (exact) mass is 265 g/mol. The predicted octanol–water partition coefficient (Wildman–Crippen LogP) is 2.37. The van der Waals surface area contributed by atoms with Crippen molar-refractivity contribution >= 4 is 28.9 Å². The molecule has 0 N–H and O–H groups in total. The van der Waals surface area contributed by atoms with Crippen LogP contribution in [0, 0.1) is 5.92 Å². The first-order valence-corrected chi connectivity index (χ1v) is 6.13. The quantitative estimate of drug-likeness (QED) is 0.619. The third kappa shape index (κ3) is 2.18. The smallest absolute Gasteiger partial charge is 0.368 e. The van der Waals surface area contributed by atoms with Gasteiger partial charge in [-0.2, -0.15) is 0 Å². The number of esters is 1. The Labute approximate surface area is 111 Å². The third-order valence-electron chi connectivity index (χ3n) is 2.80. The second-order valence-electron chi connectivity index (χ2n) is 4.41. The molecule has 0 bridgehead atoms. The van der Waals surface area contributed by atoms with E-state index in [-0.39, 0.29) is 17.1 Å². The van der Waals surface area contributed by atoms with Gasteiger partial charge in [0.25, 0.3) is 0 Å². The summed E-state index contributed by atoms with van der Waals surface area (Å²) in [6.07, 6.45) is -0.335. The molecule has 1 heterocycles. The van der Waals surface area contributed by atoms with E-state index in [0.717, 1.165) is 11.4 Å². The minimum absolute atomic E-state index is 0.163. The van der Waals surface area contributed by atoms with E-state index in [9.17, 15) is 4.79 Å². The van der Waals surface area contributed by atoms with Crippen LogP contribution in [0.5, 0.6) is 5.75 Å². The van der Waals surface area contributed by atoms with Crippen LogP contribution in [-0.4, -0.2) is 24.3 Å². The maximum absolute atomic E-state index is 11.6. The molecule has 2 rings (SSSR count). The van der Waals surface area contributed by atoms with Crippen molar-refractivity contribution in [3.8, 4) is 5.75 Å². The van der Waals surface area contributed by atoms with Gasteiger partial charge in [-0.1, -0.05) is 26.1 Å². The summed E-state index contributed by atoms with van der Waals surface area (Å²) in [5.41, 5.74) is 0.838. The molecule has 96 valence electrons. The van der Waals surface area contributed by atoms with Crippen LogP contribution in [0.3, 0.4) is 0 Å². The van der Waals surface area contributed by atoms with E-state index in [0.29, 0.717) is 0 Å². The lowest BCUT2D eigenvalue weighted by Gasteiger charge is -2.26. The molecule has 0 spiro atoms. The first kappa shape index (κ1) is 12.8. The summed E-state index contributed by atoms with van der Waals surface area (Å²) >= 11 is 5.12. The summed E-state index contributed by atoms with van der Waals surface area (Å²) in [6, 6.07) is 7.39. The van der Waals surface area contributed by atoms with E-state index in [1.54, 1.807) is 12.0 Å². The van der Waals surface area contributed by atoms with E-state index < -0.39 is 5.97 Å². The molecule has 18 heavy (non-hydrogen) atoms. The van der Waals surface area contributed by atoms with Crippen molar-refractivity contribution in [1.29, 1.82) is 0 Å². The van der Waals surface area contributed by atoms with E-state index in [4.69, 9.17) is 21.7 Å². The maximum Gasteiger partial charge on any atom is 0.368 e. The molecule has 1 atom stereocenters. The molecule has 1 aromatic carbocycles. The van der Waals surface area contributed by atoms with Crippen LogP contribution in [0.25, 0.3) is 0 Å². The average Bonchev–Trinajstić information content (AvgIpc) is 2.66. The highest BCUT2D eigenvalue weighted by molar-refractivity contribution is 7.82. The minimum atomic E-state index is -0.431. The average molecular weight is 265 g/mol. The van der Waals surface area contributed by atoms with Crippen LogP contribution in [0.4, 0.5) is 5.69 Å². The third-order valence-corrected chi connectivity index (χ3v) is 3.16. The van der Waals surface area contributed by atoms with Crippen molar-refractivity contribution in [3.63, 3.8) is 0 Å². The lowest BCUT2D eigenvalue weighted by atomic mass is 10.1. The molecule has 1 saturated heterocycles. The lowest BCUT2D eigenvalue weighted by Crippen LogP contribution is -2.36. The van der Waals surface area contributed by atoms with Crippen LogP contribution in [-0.2, 0) is 9.53 Å². The minimum Gasteiger partial charge on any atom is -0.497 e. The van der Waals surface area contributed by atoms with Crippen molar-refractivity contribution in [2.24, 2.45) is 5.92 Å². The van der Waals surface area contributed by atoms with Gasteiger partial charge in [-0.3, -0.25) is 4.90 Å². The van der Waals surface area contributed by atoms with Gasteiger partial charge < -0.3 is 9.47 Å². The molecule has 5 heteroatoms. The fraction of sp³-hybridized carbons (Fsp3) is 0.385. The van der Waals surface area contributed by atoms with Gasteiger partial charge in [0.05, 0.1) is 7.11 Å². The molecule has 0 aromatic heterocycles. The van der Waals surface area contributed by atoms with Crippen LogP contribution < -0.4 is 9.64 Å². The SMILES string of the molecule is COc1ccc(N2C(=S)C(=O)O[C@@H]2C(C)C)cc1. The number of nitrogens with zero attached hydrogens (tertiary/aromatic N) is 1. The summed E-state index contributed by atoms with van der Waals surface area (Å²) in [4.78, 5) is 13.5. The molecule has 1 aliphatic heterocycles. The second-order valence-corrected chi connectivity index (χ2v) is 4.80. The fourth-order valence-electron chi connectivity index (χ4n) is 1.87. The number of anilines is 1. The number of hydrogen-bond acceptors (Lipinski definition) is 4. The number of carbonyl (C=O) groups excluding carboxylic acids is 1. The highest BCUT2D eigenvalue weighted by Gasteiger charge is 2.39. The number of rotatable bonds is 3. The Morgan fingerprint density at radius 2 is 1.94 bits per heavy atom. The predicted molar refractivity (Wildman–Crippen MR) is 72.8 cm³/mol. The Morgan fingerprint density at radius 1 is 1.33 bits per heavy atom. The molecule has 0 amide bonds. The zero-order valence-corrected chi connectivity index (χ0v) is 11.4. The molecular weight excluding hydrogens is 250 g/mol. The Bertz CT molecular complexity index is 470. The van der Waals surface area contributed by atoms with Gasteiger partial charge in [-0.15, -0.1) is 0 Å². The Balaban J connectivity index is 2.33. The van der Waals surface area contributed by atoms with E-state index >= 15 is 0 Å². The summed E-state index contributed by atoms with van der Waals surface area (Å²) in [5, 5.41) is 0. The van der Waals surface area contributed by atoms with Gasteiger partial charge in [0.2, 0.25) is 0 Å². The molecule has 4 nitrogen and oxygen atoms in total. The number of thiocarbonyl (C=S) groups is 1. The van der Waals surface area contributed by atoms with Crippen molar-refractivity contribution in [1.82, 2.24) is 0 Å². The molecule has 1 fully saturated rings. The second kappa shape index (κ2) is 4.94. The maximum atomic E-state index is 11.6. The first-order valence-electron chi connectivity index (χ1n) is 5.73. The number of benzene rings is 1. The first-order chi connectivity index (χ1) is 8.54. The van der Waals surface area contributed by atoms with Crippen LogP contribution in [0.15, 0.2) is 24.3 Å². The summed E-state index contributed by atoms with van der Waals surface area (Å²) in [5.74, 6) is 0.494. The van der Waals surface area contributed by atoms with Crippen LogP contribution in [0.1, 0.15) is 13.8 Å². The van der Waals surface area contributed by atoms with Gasteiger partial charge in [0.15, 0.2) is 11.2 Å².